The van der Waals surface area contributed by atoms with E-state index in [9.17, 15) is 4.79 Å². The molecule has 0 bridgehead atoms. The molecular weight excluding hydrogens is 474 g/mol. The van der Waals surface area contributed by atoms with Gasteiger partial charge in [0.05, 0.1) is 18.8 Å². The summed E-state index contributed by atoms with van der Waals surface area (Å²) in [4.78, 5) is 13.5. The Bertz CT molecular complexity index is 958. The highest BCUT2D eigenvalue weighted by molar-refractivity contribution is 5.97. The first-order valence-corrected chi connectivity index (χ1v) is 13.2. The molecule has 206 valence electrons. The zero-order chi connectivity index (χ0) is 27.0. The summed E-state index contributed by atoms with van der Waals surface area (Å²) in [6.07, 6.45) is 9.84. The molecule has 3 rings (SSSR count). The van der Waals surface area contributed by atoms with Gasteiger partial charge in [0.2, 0.25) is 0 Å². The van der Waals surface area contributed by atoms with E-state index >= 15 is 0 Å². The Morgan fingerprint density at radius 3 is 2.54 bits per heavy atom. The second kappa shape index (κ2) is 13.4. The van der Waals surface area contributed by atoms with Gasteiger partial charge < -0.3 is 34.2 Å². The third-order valence-electron chi connectivity index (χ3n) is 6.67. The van der Waals surface area contributed by atoms with Gasteiger partial charge in [-0.25, -0.2) is 4.79 Å². The molecule has 2 heterocycles. The second-order valence-electron chi connectivity index (χ2n) is 10.3. The Balaban J connectivity index is 2.02. The maximum atomic E-state index is 13.5. The number of methoxy groups -OCH3 is 1. The molecule has 2 N–H and O–H groups in total. The largest absolute Gasteiger partial charge is 0.493 e. The molecular formula is C29H43NO7. The highest BCUT2D eigenvalue weighted by Gasteiger charge is 2.42. The Morgan fingerprint density at radius 2 is 1.81 bits per heavy atom. The molecule has 0 aromatic heterocycles. The number of carbonyl (C=O) groups excluding carboxylic acids is 1. The van der Waals surface area contributed by atoms with Gasteiger partial charge in [0, 0.05) is 25.0 Å². The summed E-state index contributed by atoms with van der Waals surface area (Å²) in [5.74, 6) is -0.0613. The number of hydrogen-bond donors (Lipinski definition) is 1. The second-order valence-corrected chi connectivity index (χ2v) is 10.3. The van der Waals surface area contributed by atoms with Crippen LogP contribution in [0.1, 0.15) is 69.8 Å². The van der Waals surface area contributed by atoms with E-state index in [1.54, 1.807) is 6.07 Å². The van der Waals surface area contributed by atoms with Crippen molar-refractivity contribution in [1.82, 2.24) is 0 Å². The van der Waals surface area contributed by atoms with Gasteiger partial charge in [-0.15, -0.1) is 0 Å². The molecule has 1 aromatic rings. The van der Waals surface area contributed by atoms with Crippen molar-refractivity contribution in [2.45, 2.75) is 78.0 Å². The molecule has 0 radical (unpaired) electrons. The maximum absolute atomic E-state index is 13.5. The summed E-state index contributed by atoms with van der Waals surface area (Å²) in [5, 5.41) is 0. The van der Waals surface area contributed by atoms with E-state index in [0.717, 1.165) is 12.8 Å². The number of hydrogen-bond acceptors (Lipinski definition) is 8. The number of esters is 1. The van der Waals surface area contributed by atoms with Crippen LogP contribution in [0.2, 0.25) is 0 Å². The van der Waals surface area contributed by atoms with Crippen molar-refractivity contribution in [3.05, 3.63) is 41.5 Å². The summed E-state index contributed by atoms with van der Waals surface area (Å²) in [7, 11) is 1.53. The first kappa shape index (κ1) is 29.2. The molecule has 2 aliphatic heterocycles. The average Bonchev–Trinajstić information content (AvgIpc) is 3.17. The number of unbranched alkanes of at least 4 members (excludes halogenated alkanes) is 1. The molecule has 8 nitrogen and oxygen atoms in total. The SMILES string of the molecule is COCOc1cc(OCCCCN)cc2c1C(=O)O[C@@H](C)[C@H](C)/C=C\C(C)[C@H]1OC(C)(C)O[C@H]1CC=C2. The molecule has 1 saturated heterocycles. The van der Waals surface area contributed by atoms with E-state index in [0.29, 0.717) is 42.2 Å². The lowest BCUT2D eigenvalue weighted by molar-refractivity contribution is -0.148. The maximum Gasteiger partial charge on any atom is 0.342 e. The lowest BCUT2D eigenvalue weighted by atomic mass is 9.94. The minimum atomic E-state index is -0.666. The van der Waals surface area contributed by atoms with Crippen molar-refractivity contribution in [2.24, 2.45) is 17.6 Å². The lowest BCUT2D eigenvalue weighted by Gasteiger charge is -2.23. The minimum absolute atomic E-state index is 0.00407. The van der Waals surface area contributed by atoms with Crippen LogP contribution < -0.4 is 15.2 Å². The van der Waals surface area contributed by atoms with Gasteiger partial charge in [0.25, 0.3) is 0 Å². The molecule has 1 aromatic carbocycles. The number of cyclic esters (lactones) is 1. The van der Waals surface area contributed by atoms with Crippen molar-refractivity contribution in [3.63, 3.8) is 0 Å². The van der Waals surface area contributed by atoms with Gasteiger partial charge in [-0.05, 0) is 58.2 Å². The highest BCUT2D eigenvalue weighted by atomic mass is 16.8. The Labute approximate surface area is 221 Å². The zero-order valence-electron chi connectivity index (χ0n) is 23.0. The Hall–Kier alpha value is -2.39. The minimum Gasteiger partial charge on any atom is -0.493 e. The molecule has 5 atom stereocenters. The fraction of sp³-hybridized carbons (Fsp3) is 0.621. The summed E-state index contributed by atoms with van der Waals surface area (Å²) >= 11 is 0. The Kier molecular flexibility index (Phi) is 10.6. The first-order chi connectivity index (χ1) is 17.6. The summed E-state index contributed by atoms with van der Waals surface area (Å²) in [6, 6.07) is 3.55. The standard InChI is InChI=1S/C29H43NO7/c1-19-12-13-20(2)27-24(36-29(4,5)37-27)11-9-10-22-16-23(33-15-8-7-14-30)17-25(34-18-32-6)26(22)28(31)35-21(19)3/h9-10,12-13,16-17,19-21,24,27H,7-8,11,14-15,18,30H2,1-6H3/b10-9?,13-12-/t19-,20?,21+,24+,27-/m1/s1. The highest BCUT2D eigenvalue weighted by Crippen LogP contribution is 2.36. The van der Waals surface area contributed by atoms with E-state index in [-0.39, 0.29) is 36.9 Å². The number of rotatable bonds is 8. The van der Waals surface area contributed by atoms with Gasteiger partial charge in [0.1, 0.15) is 23.2 Å². The molecule has 0 spiro atoms. The fourth-order valence-electron chi connectivity index (χ4n) is 4.49. The van der Waals surface area contributed by atoms with Crippen molar-refractivity contribution in [3.8, 4) is 11.5 Å². The van der Waals surface area contributed by atoms with Gasteiger partial charge in [-0.2, -0.15) is 0 Å². The van der Waals surface area contributed by atoms with Crippen LogP contribution in [-0.4, -0.2) is 57.1 Å². The predicted molar refractivity (Wildman–Crippen MR) is 143 cm³/mol. The van der Waals surface area contributed by atoms with Crippen LogP contribution in [0.3, 0.4) is 0 Å². The molecule has 1 unspecified atom stereocenters. The van der Waals surface area contributed by atoms with Crippen molar-refractivity contribution < 1.29 is 33.2 Å². The first-order valence-electron chi connectivity index (χ1n) is 13.2. The number of fused-ring (bicyclic) bond motifs is 2. The quantitative estimate of drug-likeness (QED) is 0.220. The number of benzene rings is 1. The van der Waals surface area contributed by atoms with Crippen LogP contribution in [0.4, 0.5) is 0 Å². The molecule has 0 aliphatic carbocycles. The van der Waals surface area contributed by atoms with Crippen LogP contribution in [0.15, 0.2) is 30.4 Å². The number of nitrogens with two attached hydrogens (primary N) is 1. The van der Waals surface area contributed by atoms with Gasteiger partial charge in [-0.3, -0.25) is 0 Å². The van der Waals surface area contributed by atoms with Crippen LogP contribution in [0.5, 0.6) is 11.5 Å². The number of carbonyl (C=O) groups is 1. The number of ether oxygens (including phenoxy) is 6. The van der Waals surface area contributed by atoms with Crippen LogP contribution in [0.25, 0.3) is 6.08 Å². The third kappa shape index (κ3) is 8.04. The molecule has 0 saturated carbocycles. The topological polar surface area (TPSA) is 98.5 Å². The van der Waals surface area contributed by atoms with Crippen LogP contribution in [-0.2, 0) is 18.9 Å². The zero-order valence-corrected chi connectivity index (χ0v) is 23.0. The summed E-state index contributed by atoms with van der Waals surface area (Å²) in [6.45, 7) is 11.0. The van der Waals surface area contributed by atoms with Gasteiger partial charge >= 0.3 is 5.97 Å². The van der Waals surface area contributed by atoms with Gasteiger partial charge in [-0.1, -0.05) is 38.2 Å². The van der Waals surface area contributed by atoms with E-state index in [1.807, 2.05) is 45.9 Å². The Morgan fingerprint density at radius 1 is 1.05 bits per heavy atom. The van der Waals surface area contributed by atoms with Crippen LogP contribution >= 0.6 is 0 Å². The third-order valence-corrected chi connectivity index (χ3v) is 6.67. The molecule has 0 amide bonds. The molecule has 2 aliphatic rings. The van der Waals surface area contributed by atoms with E-state index in [1.165, 1.54) is 7.11 Å². The normalized spacial score (nSPS) is 28.5. The smallest absolute Gasteiger partial charge is 0.342 e. The van der Waals surface area contributed by atoms with E-state index in [2.05, 4.69) is 19.1 Å². The van der Waals surface area contributed by atoms with E-state index in [4.69, 9.17) is 34.2 Å². The summed E-state index contributed by atoms with van der Waals surface area (Å²) < 4.78 is 35.3. The molecule has 37 heavy (non-hydrogen) atoms. The van der Waals surface area contributed by atoms with Gasteiger partial charge in [0.15, 0.2) is 12.6 Å². The molecule has 8 heteroatoms. The monoisotopic (exact) mass is 517 g/mol. The molecule has 1 fully saturated rings. The summed E-state index contributed by atoms with van der Waals surface area (Å²) in [5.41, 5.74) is 6.58. The fourth-order valence-corrected chi connectivity index (χ4v) is 4.49. The van der Waals surface area contributed by atoms with Crippen molar-refractivity contribution >= 4 is 12.0 Å². The lowest BCUT2D eigenvalue weighted by Crippen LogP contribution is -2.29. The van der Waals surface area contributed by atoms with Crippen LogP contribution in [0, 0.1) is 11.8 Å². The van der Waals surface area contributed by atoms with Crippen molar-refractivity contribution in [1.29, 1.82) is 0 Å². The predicted octanol–water partition coefficient (Wildman–Crippen LogP) is 5.10. The average molecular weight is 518 g/mol. The van der Waals surface area contributed by atoms with E-state index < -0.39 is 11.8 Å². The van der Waals surface area contributed by atoms with Crippen molar-refractivity contribution in [2.75, 3.05) is 27.1 Å².